The Hall–Kier alpha value is -2.10. The molecule has 4 nitrogen and oxygen atoms in total. The van der Waals surface area contributed by atoms with Gasteiger partial charge >= 0.3 is 5.97 Å². The van der Waals surface area contributed by atoms with Gasteiger partial charge in [-0.2, -0.15) is 0 Å². The van der Waals surface area contributed by atoms with E-state index in [4.69, 9.17) is 5.11 Å². The largest absolute Gasteiger partial charge is 0.478 e. The van der Waals surface area contributed by atoms with Crippen molar-refractivity contribution >= 4 is 17.4 Å². The number of carboxylic acids is 1. The van der Waals surface area contributed by atoms with Crippen molar-refractivity contribution in [2.75, 3.05) is 13.1 Å². The maximum absolute atomic E-state index is 12.4. The third-order valence-electron chi connectivity index (χ3n) is 3.69. The molecule has 0 spiro atoms. The second-order valence-electron chi connectivity index (χ2n) is 5.34. The molecule has 21 heavy (non-hydrogen) atoms. The highest BCUT2D eigenvalue weighted by Gasteiger charge is 2.19. The molecular weight excluding hydrogens is 266 g/mol. The highest BCUT2D eigenvalue weighted by atomic mass is 16.4. The van der Waals surface area contributed by atoms with E-state index in [2.05, 4.69) is 0 Å². The van der Waals surface area contributed by atoms with Crippen LogP contribution >= 0.6 is 0 Å². The summed E-state index contributed by atoms with van der Waals surface area (Å²) < 4.78 is 0. The van der Waals surface area contributed by atoms with Crippen molar-refractivity contribution in [2.45, 2.75) is 32.6 Å². The van der Waals surface area contributed by atoms with Crippen LogP contribution in [0.3, 0.4) is 0 Å². The molecule has 1 heterocycles. The fourth-order valence-corrected chi connectivity index (χ4v) is 2.67. The van der Waals surface area contributed by atoms with Crippen molar-refractivity contribution in [3.05, 3.63) is 41.5 Å². The smallest absolute Gasteiger partial charge is 0.328 e. The zero-order valence-corrected chi connectivity index (χ0v) is 12.3. The van der Waals surface area contributed by atoms with Crippen molar-refractivity contribution in [2.24, 2.45) is 0 Å². The maximum Gasteiger partial charge on any atom is 0.328 e. The summed E-state index contributed by atoms with van der Waals surface area (Å²) in [4.78, 5) is 25.2. The SMILES string of the molecule is CCC/C(=C\C(=O)O)c1cccc(C(=O)N2CCCC2)c1. The van der Waals surface area contributed by atoms with Crippen LogP contribution in [0.4, 0.5) is 0 Å². The molecule has 2 rings (SSSR count). The molecule has 1 N–H and O–H groups in total. The molecule has 0 bridgehead atoms. The molecule has 1 saturated heterocycles. The van der Waals surface area contributed by atoms with Crippen LogP contribution in [0, 0.1) is 0 Å². The quantitative estimate of drug-likeness (QED) is 0.846. The average molecular weight is 287 g/mol. The van der Waals surface area contributed by atoms with E-state index < -0.39 is 5.97 Å². The van der Waals surface area contributed by atoms with Gasteiger partial charge in [0.05, 0.1) is 0 Å². The van der Waals surface area contributed by atoms with Gasteiger partial charge in [0, 0.05) is 24.7 Å². The van der Waals surface area contributed by atoms with Gasteiger partial charge in [-0.1, -0.05) is 25.5 Å². The van der Waals surface area contributed by atoms with Gasteiger partial charge in [-0.3, -0.25) is 4.79 Å². The molecule has 0 atom stereocenters. The minimum atomic E-state index is -0.949. The Labute approximate surface area is 125 Å². The Bertz CT molecular complexity index is 557. The summed E-state index contributed by atoms with van der Waals surface area (Å²) in [5.74, 6) is -0.907. The number of benzene rings is 1. The minimum absolute atomic E-state index is 0.0422. The molecule has 112 valence electrons. The highest BCUT2D eigenvalue weighted by molar-refractivity contribution is 5.96. The summed E-state index contributed by atoms with van der Waals surface area (Å²) in [6.45, 7) is 3.64. The first kappa shape index (κ1) is 15.3. The lowest BCUT2D eigenvalue weighted by Gasteiger charge is -2.16. The number of hydrogen-bond donors (Lipinski definition) is 1. The van der Waals surface area contributed by atoms with Gasteiger partial charge < -0.3 is 10.0 Å². The van der Waals surface area contributed by atoms with Crippen LogP contribution in [0.15, 0.2) is 30.3 Å². The molecule has 1 aliphatic rings. The second kappa shape index (κ2) is 7.07. The monoisotopic (exact) mass is 287 g/mol. The number of carbonyl (C=O) groups excluding carboxylic acids is 1. The first-order valence-corrected chi connectivity index (χ1v) is 7.45. The van der Waals surface area contributed by atoms with E-state index in [1.54, 1.807) is 6.07 Å². The third kappa shape index (κ3) is 3.94. The molecule has 0 unspecified atom stereocenters. The van der Waals surface area contributed by atoms with E-state index in [1.165, 1.54) is 6.08 Å². The van der Waals surface area contributed by atoms with Crippen molar-refractivity contribution in [1.82, 2.24) is 4.90 Å². The van der Waals surface area contributed by atoms with Crippen molar-refractivity contribution < 1.29 is 14.7 Å². The minimum Gasteiger partial charge on any atom is -0.478 e. The molecule has 0 aliphatic carbocycles. The maximum atomic E-state index is 12.4. The topological polar surface area (TPSA) is 57.6 Å². The van der Waals surface area contributed by atoms with Crippen molar-refractivity contribution in [3.63, 3.8) is 0 Å². The number of carboxylic acid groups (broad SMARTS) is 1. The number of allylic oxidation sites excluding steroid dienone is 1. The van der Waals surface area contributed by atoms with Crippen LogP contribution in [0.5, 0.6) is 0 Å². The molecule has 0 saturated carbocycles. The molecule has 4 heteroatoms. The predicted molar refractivity (Wildman–Crippen MR) is 82.1 cm³/mol. The zero-order valence-electron chi connectivity index (χ0n) is 12.3. The highest BCUT2D eigenvalue weighted by Crippen LogP contribution is 2.22. The third-order valence-corrected chi connectivity index (χ3v) is 3.69. The zero-order chi connectivity index (χ0) is 15.2. The molecule has 1 aromatic carbocycles. The molecule has 0 radical (unpaired) electrons. The summed E-state index contributed by atoms with van der Waals surface area (Å²) in [5.41, 5.74) is 2.23. The van der Waals surface area contributed by atoms with E-state index in [1.807, 2.05) is 30.0 Å². The fourth-order valence-electron chi connectivity index (χ4n) is 2.67. The molecule has 1 aliphatic heterocycles. The van der Waals surface area contributed by atoms with E-state index in [0.717, 1.165) is 43.5 Å². The average Bonchev–Trinajstić information content (AvgIpc) is 3.00. The number of nitrogens with zero attached hydrogens (tertiary/aromatic N) is 1. The number of aliphatic carboxylic acids is 1. The Morgan fingerprint density at radius 3 is 2.52 bits per heavy atom. The Morgan fingerprint density at radius 1 is 1.24 bits per heavy atom. The van der Waals surface area contributed by atoms with E-state index in [0.29, 0.717) is 12.0 Å². The second-order valence-corrected chi connectivity index (χ2v) is 5.34. The van der Waals surface area contributed by atoms with Crippen LogP contribution < -0.4 is 0 Å². The number of rotatable bonds is 5. The molecule has 1 fully saturated rings. The summed E-state index contributed by atoms with van der Waals surface area (Å²) in [6, 6.07) is 7.30. The van der Waals surface area contributed by atoms with Crippen LogP contribution in [0.2, 0.25) is 0 Å². The van der Waals surface area contributed by atoms with Crippen molar-refractivity contribution in [1.29, 1.82) is 0 Å². The van der Waals surface area contributed by atoms with Gasteiger partial charge in [0.1, 0.15) is 0 Å². The summed E-state index contributed by atoms with van der Waals surface area (Å²) >= 11 is 0. The van der Waals surface area contributed by atoms with Gasteiger partial charge in [0.2, 0.25) is 0 Å². The van der Waals surface area contributed by atoms with E-state index >= 15 is 0 Å². The predicted octanol–water partition coefficient (Wildman–Crippen LogP) is 3.19. The number of likely N-dealkylation sites (tertiary alicyclic amines) is 1. The fraction of sp³-hybridized carbons (Fsp3) is 0.412. The van der Waals surface area contributed by atoms with Crippen LogP contribution in [0.25, 0.3) is 5.57 Å². The van der Waals surface area contributed by atoms with Gasteiger partial charge in [-0.05, 0) is 42.5 Å². The standard InChI is InChI=1S/C17H21NO3/c1-2-6-13(12-16(19)20)14-7-5-8-15(11-14)17(21)18-9-3-4-10-18/h5,7-8,11-12H,2-4,6,9-10H2,1H3,(H,19,20)/b13-12+. The number of amides is 1. The van der Waals surface area contributed by atoms with Gasteiger partial charge in [0.25, 0.3) is 5.91 Å². The van der Waals surface area contributed by atoms with Gasteiger partial charge in [-0.25, -0.2) is 4.79 Å². The van der Waals surface area contributed by atoms with Gasteiger partial charge in [-0.15, -0.1) is 0 Å². The lowest BCUT2D eigenvalue weighted by Crippen LogP contribution is -2.27. The molecule has 0 aromatic heterocycles. The normalized spacial score (nSPS) is 15.3. The summed E-state index contributed by atoms with van der Waals surface area (Å²) in [6.07, 6.45) is 4.91. The van der Waals surface area contributed by atoms with Crippen LogP contribution in [0.1, 0.15) is 48.5 Å². The van der Waals surface area contributed by atoms with Crippen LogP contribution in [-0.2, 0) is 4.79 Å². The lowest BCUT2D eigenvalue weighted by atomic mass is 9.98. The number of carbonyl (C=O) groups is 2. The Balaban J connectivity index is 2.27. The molecular formula is C17H21NO3. The Morgan fingerprint density at radius 2 is 1.90 bits per heavy atom. The van der Waals surface area contributed by atoms with E-state index in [-0.39, 0.29) is 5.91 Å². The lowest BCUT2D eigenvalue weighted by molar-refractivity contribution is -0.131. The summed E-state index contributed by atoms with van der Waals surface area (Å²) in [5, 5.41) is 8.97. The van der Waals surface area contributed by atoms with Crippen molar-refractivity contribution in [3.8, 4) is 0 Å². The van der Waals surface area contributed by atoms with Gasteiger partial charge in [0.15, 0.2) is 0 Å². The number of hydrogen-bond acceptors (Lipinski definition) is 2. The Kier molecular flexibility index (Phi) is 5.14. The first-order valence-electron chi connectivity index (χ1n) is 7.45. The molecule has 1 amide bonds. The first-order chi connectivity index (χ1) is 10.1. The molecule has 1 aromatic rings. The van der Waals surface area contributed by atoms with Crippen LogP contribution in [-0.4, -0.2) is 35.0 Å². The van der Waals surface area contributed by atoms with E-state index in [9.17, 15) is 9.59 Å². The summed E-state index contributed by atoms with van der Waals surface area (Å²) in [7, 11) is 0.